The van der Waals surface area contributed by atoms with Crippen molar-refractivity contribution < 1.29 is 13.9 Å². The van der Waals surface area contributed by atoms with Crippen LogP contribution in [0, 0.1) is 5.92 Å². The lowest BCUT2D eigenvalue weighted by Crippen LogP contribution is -2.42. The highest BCUT2D eigenvalue weighted by Crippen LogP contribution is 2.33. The van der Waals surface area contributed by atoms with E-state index >= 15 is 0 Å². The number of furan rings is 1. The molecule has 2 aliphatic rings. The van der Waals surface area contributed by atoms with E-state index in [0.29, 0.717) is 12.5 Å². The normalized spacial score (nSPS) is 25.8. The minimum Gasteiger partial charge on any atom is -0.472 e. The molecule has 138 valence electrons. The van der Waals surface area contributed by atoms with Crippen molar-refractivity contribution in [1.29, 1.82) is 0 Å². The smallest absolute Gasteiger partial charge is 0.249 e. The van der Waals surface area contributed by atoms with Gasteiger partial charge in [0.1, 0.15) is 6.10 Å². The quantitative estimate of drug-likeness (QED) is 0.859. The Hall–Kier alpha value is -2.18. The van der Waals surface area contributed by atoms with Crippen molar-refractivity contribution in [2.45, 2.75) is 38.0 Å². The summed E-state index contributed by atoms with van der Waals surface area (Å²) in [5, 5.41) is 3.00. The first-order chi connectivity index (χ1) is 12.8. The van der Waals surface area contributed by atoms with Gasteiger partial charge in [-0.1, -0.05) is 6.07 Å². The topological polar surface area (TPSA) is 67.6 Å². The van der Waals surface area contributed by atoms with E-state index in [0.717, 1.165) is 44.6 Å². The van der Waals surface area contributed by atoms with Gasteiger partial charge in [0.2, 0.25) is 5.91 Å². The number of hydrogen-bond donors (Lipinski definition) is 1. The van der Waals surface area contributed by atoms with Gasteiger partial charge in [-0.15, -0.1) is 0 Å². The van der Waals surface area contributed by atoms with Gasteiger partial charge in [0.15, 0.2) is 0 Å². The van der Waals surface area contributed by atoms with E-state index in [9.17, 15) is 4.79 Å². The van der Waals surface area contributed by atoms with Gasteiger partial charge in [-0.3, -0.25) is 14.7 Å². The molecule has 0 bridgehead atoms. The minimum absolute atomic E-state index is 0.0108. The number of pyridine rings is 1. The Labute approximate surface area is 153 Å². The largest absolute Gasteiger partial charge is 0.472 e. The first-order valence-electron chi connectivity index (χ1n) is 9.34. The van der Waals surface area contributed by atoms with Crippen LogP contribution in [-0.4, -0.2) is 47.6 Å². The summed E-state index contributed by atoms with van der Waals surface area (Å²) in [4.78, 5) is 19.1. The molecule has 1 amide bonds. The first kappa shape index (κ1) is 17.2. The van der Waals surface area contributed by atoms with Crippen LogP contribution >= 0.6 is 0 Å². The summed E-state index contributed by atoms with van der Waals surface area (Å²) < 4.78 is 11.2. The molecule has 2 aliphatic heterocycles. The van der Waals surface area contributed by atoms with Gasteiger partial charge >= 0.3 is 0 Å². The van der Waals surface area contributed by atoms with Crippen LogP contribution in [0.1, 0.15) is 24.1 Å². The maximum Gasteiger partial charge on any atom is 0.249 e. The number of hydrogen-bond acceptors (Lipinski definition) is 5. The number of ether oxygens (including phenoxy) is 1. The average Bonchev–Trinajstić information content (AvgIpc) is 3.32. The van der Waals surface area contributed by atoms with Gasteiger partial charge < -0.3 is 14.5 Å². The molecule has 4 rings (SSSR count). The van der Waals surface area contributed by atoms with Gasteiger partial charge in [-0.2, -0.15) is 0 Å². The molecule has 4 heterocycles. The molecule has 26 heavy (non-hydrogen) atoms. The van der Waals surface area contributed by atoms with Crippen LogP contribution < -0.4 is 5.32 Å². The number of amides is 1. The molecule has 0 spiro atoms. The second-order valence-corrected chi connectivity index (χ2v) is 7.18. The monoisotopic (exact) mass is 355 g/mol. The Morgan fingerprint density at radius 3 is 3.12 bits per heavy atom. The fourth-order valence-electron chi connectivity index (χ4n) is 3.92. The molecular weight excluding hydrogens is 330 g/mol. The predicted octanol–water partition coefficient (Wildman–Crippen LogP) is 2.01. The highest BCUT2D eigenvalue weighted by atomic mass is 16.5. The van der Waals surface area contributed by atoms with Gasteiger partial charge in [0, 0.05) is 43.5 Å². The molecule has 6 heteroatoms. The number of piperidine rings is 1. The van der Waals surface area contributed by atoms with E-state index in [1.54, 1.807) is 18.7 Å². The van der Waals surface area contributed by atoms with Crippen LogP contribution in [0.15, 0.2) is 47.4 Å². The maximum absolute atomic E-state index is 12.4. The predicted molar refractivity (Wildman–Crippen MR) is 96.3 cm³/mol. The lowest BCUT2D eigenvalue weighted by atomic mass is 9.91. The molecule has 3 atom stereocenters. The van der Waals surface area contributed by atoms with Crippen LogP contribution in [0.3, 0.4) is 0 Å². The number of aromatic nitrogens is 1. The number of likely N-dealkylation sites (tertiary alicyclic amines) is 1. The van der Waals surface area contributed by atoms with Gasteiger partial charge in [0.25, 0.3) is 0 Å². The highest BCUT2D eigenvalue weighted by molar-refractivity contribution is 5.81. The zero-order valence-corrected chi connectivity index (χ0v) is 14.8. The molecule has 6 nitrogen and oxygen atoms in total. The van der Waals surface area contributed by atoms with Crippen LogP contribution in [0.2, 0.25) is 0 Å². The van der Waals surface area contributed by atoms with E-state index in [1.807, 2.05) is 24.3 Å². The Morgan fingerprint density at radius 1 is 1.35 bits per heavy atom. The number of rotatable bonds is 6. The third kappa shape index (κ3) is 4.14. The SMILES string of the molecule is O=C(NCCc1ccccn1)[C@@H]1C[C@H]2CCN(Cc3ccoc3)C[C@@H]2O1. The second-order valence-electron chi connectivity index (χ2n) is 7.18. The summed E-state index contributed by atoms with van der Waals surface area (Å²) in [6.45, 7) is 3.40. The van der Waals surface area contributed by atoms with Gasteiger partial charge in [-0.05, 0) is 43.5 Å². The van der Waals surface area contributed by atoms with Crippen molar-refractivity contribution in [1.82, 2.24) is 15.2 Å². The Bertz CT molecular complexity index is 704. The molecule has 0 radical (unpaired) electrons. The van der Waals surface area contributed by atoms with E-state index in [1.165, 1.54) is 5.56 Å². The van der Waals surface area contributed by atoms with E-state index in [2.05, 4.69) is 15.2 Å². The zero-order valence-electron chi connectivity index (χ0n) is 14.8. The summed E-state index contributed by atoms with van der Waals surface area (Å²) >= 11 is 0. The number of nitrogens with zero attached hydrogens (tertiary/aromatic N) is 2. The fraction of sp³-hybridized carbons (Fsp3) is 0.500. The molecule has 0 unspecified atom stereocenters. The van der Waals surface area contributed by atoms with Gasteiger partial charge in [0.05, 0.1) is 18.6 Å². The van der Waals surface area contributed by atoms with Crippen LogP contribution in [0.4, 0.5) is 0 Å². The number of carbonyl (C=O) groups is 1. The summed E-state index contributed by atoms with van der Waals surface area (Å²) in [6.07, 6.45) is 7.77. The summed E-state index contributed by atoms with van der Waals surface area (Å²) in [7, 11) is 0. The third-order valence-electron chi connectivity index (χ3n) is 5.32. The lowest BCUT2D eigenvalue weighted by molar-refractivity contribution is -0.132. The van der Waals surface area contributed by atoms with Crippen LogP contribution in [-0.2, 0) is 22.5 Å². The van der Waals surface area contributed by atoms with Crippen molar-refractivity contribution in [2.75, 3.05) is 19.6 Å². The fourth-order valence-corrected chi connectivity index (χ4v) is 3.92. The standard InChI is InChI=1S/C20H25N3O3/c24-20(22-8-4-17-3-1-2-7-21-17)18-11-16-5-9-23(13-19(16)26-18)12-15-6-10-25-14-15/h1-3,6-7,10,14,16,18-19H,4-5,8-9,11-13H2,(H,22,24)/t16-,18+,19+/m1/s1. The van der Waals surface area contributed by atoms with Crippen LogP contribution in [0.25, 0.3) is 0 Å². The lowest BCUT2D eigenvalue weighted by Gasteiger charge is -2.33. The van der Waals surface area contributed by atoms with E-state index in [-0.39, 0.29) is 18.1 Å². The van der Waals surface area contributed by atoms with Crippen LogP contribution in [0.5, 0.6) is 0 Å². The van der Waals surface area contributed by atoms with E-state index in [4.69, 9.17) is 9.15 Å². The molecule has 2 aromatic rings. The first-order valence-corrected chi connectivity index (χ1v) is 9.34. The number of fused-ring (bicyclic) bond motifs is 1. The van der Waals surface area contributed by atoms with Crippen molar-refractivity contribution in [2.24, 2.45) is 5.92 Å². The third-order valence-corrected chi connectivity index (χ3v) is 5.32. The van der Waals surface area contributed by atoms with E-state index < -0.39 is 0 Å². The van der Waals surface area contributed by atoms with Crippen molar-refractivity contribution >= 4 is 5.91 Å². The number of carbonyl (C=O) groups excluding carboxylic acids is 1. The minimum atomic E-state index is -0.317. The number of nitrogens with one attached hydrogen (secondary N) is 1. The maximum atomic E-state index is 12.4. The average molecular weight is 355 g/mol. The molecule has 0 aromatic carbocycles. The summed E-state index contributed by atoms with van der Waals surface area (Å²) in [5.41, 5.74) is 2.17. The second kappa shape index (κ2) is 8.01. The summed E-state index contributed by atoms with van der Waals surface area (Å²) in [6, 6.07) is 7.83. The van der Waals surface area contributed by atoms with Crippen molar-refractivity contribution in [3.05, 3.63) is 54.2 Å². The highest BCUT2D eigenvalue weighted by Gasteiger charge is 2.41. The zero-order chi connectivity index (χ0) is 17.8. The molecular formula is C20H25N3O3. The van der Waals surface area contributed by atoms with Crippen molar-refractivity contribution in [3.8, 4) is 0 Å². The molecule has 0 saturated carbocycles. The Balaban J connectivity index is 1.23. The van der Waals surface area contributed by atoms with Gasteiger partial charge in [-0.25, -0.2) is 0 Å². The molecule has 2 fully saturated rings. The Kier molecular flexibility index (Phi) is 5.32. The molecule has 2 aromatic heterocycles. The molecule has 0 aliphatic carbocycles. The molecule has 1 N–H and O–H groups in total. The Morgan fingerprint density at radius 2 is 2.31 bits per heavy atom. The van der Waals surface area contributed by atoms with Crippen molar-refractivity contribution in [3.63, 3.8) is 0 Å². The summed E-state index contributed by atoms with van der Waals surface area (Å²) in [5.74, 6) is 0.499. The molecule has 2 saturated heterocycles.